The second kappa shape index (κ2) is 16.8. The van der Waals surface area contributed by atoms with Gasteiger partial charge in [0.05, 0.1) is 0 Å². The lowest BCUT2D eigenvalue weighted by atomic mass is 9.96. The number of carbonyl (C=O) groups excluding carboxylic acids is 3. The number of hydrogen-bond acceptors (Lipinski definition) is 5. The maximum Gasteiger partial charge on any atom is 0.408 e. The van der Waals surface area contributed by atoms with Gasteiger partial charge in [-0.05, 0) is 87.9 Å². The Hall–Kier alpha value is -4.33. The molecule has 0 radical (unpaired) electrons. The molecule has 3 amide bonds. The third kappa shape index (κ3) is 10.6. The van der Waals surface area contributed by atoms with E-state index in [0.29, 0.717) is 24.2 Å². The fourth-order valence-corrected chi connectivity index (χ4v) is 5.52. The maximum absolute atomic E-state index is 14.8. The van der Waals surface area contributed by atoms with Crippen molar-refractivity contribution in [2.45, 2.75) is 105 Å². The average molecular weight is 630 g/mol. The zero-order valence-electron chi connectivity index (χ0n) is 28.5. The zero-order valence-corrected chi connectivity index (χ0v) is 28.5. The van der Waals surface area contributed by atoms with Crippen LogP contribution in [0.1, 0.15) is 93.7 Å². The summed E-state index contributed by atoms with van der Waals surface area (Å²) >= 11 is 0. The van der Waals surface area contributed by atoms with Gasteiger partial charge in [-0.25, -0.2) is 4.79 Å². The molecule has 2 atom stereocenters. The summed E-state index contributed by atoms with van der Waals surface area (Å²) in [5, 5.41) is 15.8. The van der Waals surface area contributed by atoms with Crippen molar-refractivity contribution in [2.75, 3.05) is 11.9 Å². The normalized spacial score (nSPS) is 12.6. The fourth-order valence-electron chi connectivity index (χ4n) is 5.52. The molecular formula is C38H51N3O5. The molecule has 0 heterocycles. The van der Waals surface area contributed by atoms with Crippen molar-refractivity contribution in [1.29, 1.82) is 0 Å². The number of unbranched alkanes of at least 4 members (excludes halogenated alkanes) is 4. The third-order valence-electron chi connectivity index (χ3n) is 7.92. The summed E-state index contributed by atoms with van der Waals surface area (Å²) in [4.78, 5) is 43.9. The van der Waals surface area contributed by atoms with Crippen LogP contribution in [0.2, 0.25) is 0 Å². The highest BCUT2D eigenvalue weighted by molar-refractivity contribution is 6.00. The number of rotatable bonds is 14. The Morgan fingerprint density at radius 3 is 2.04 bits per heavy atom. The number of nitrogens with one attached hydrogen (secondary N) is 2. The summed E-state index contributed by atoms with van der Waals surface area (Å²) in [6.07, 6.45) is 4.22. The smallest absolute Gasteiger partial charge is 0.408 e. The molecule has 0 aromatic heterocycles. The number of carbonyl (C=O) groups is 3. The van der Waals surface area contributed by atoms with Crippen LogP contribution in [-0.4, -0.2) is 46.1 Å². The van der Waals surface area contributed by atoms with Gasteiger partial charge in [-0.1, -0.05) is 87.2 Å². The quantitative estimate of drug-likeness (QED) is 0.157. The predicted molar refractivity (Wildman–Crippen MR) is 184 cm³/mol. The molecule has 46 heavy (non-hydrogen) atoms. The Labute approximate surface area is 274 Å². The van der Waals surface area contributed by atoms with Crippen molar-refractivity contribution in [3.8, 4) is 5.75 Å². The predicted octanol–water partition coefficient (Wildman–Crippen LogP) is 7.93. The van der Waals surface area contributed by atoms with Crippen LogP contribution >= 0.6 is 0 Å². The number of hydrogen-bond donors (Lipinski definition) is 3. The van der Waals surface area contributed by atoms with Gasteiger partial charge in [0.15, 0.2) is 0 Å². The largest absolute Gasteiger partial charge is 0.508 e. The summed E-state index contributed by atoms with van der Waals surface area (Å²) in [7, 11) is 0. The van der Waals surface area contributed by atoms with E-state index in [2.05, 4.69) is 17.6 Å². The van der Waals surface area contributed by atoms with Crippen molar-refractivity contribution in [1.82, 2.24) is 10.2 Å². The maximum atomic E-state index is 14.8. The Morgan fingerprint density at radius 2 is 1.43 bits per heavy atom. The van der Waals surface area contributed by atoms with E-state index in [9.17, 15) is 19.5 Å². The van der Waals surface area contributed by atoms with Crippen molar-refractivity contribution < 1.29 is 24.2 Å². The van der Waals surface area contributed by atoms with E-state index in [4.69, 9.17) is 4.74 Å². The van der Waals surface area contributed by atoms with Gasteiger partial charge < -0.3 is 25.4 Å². The molecule has 248 valence electrons. The molecule has 0 aliphatic heterocycles. The molecule has 8 heteroatoms. The van der Waals surface area contributed by atoms with Crippen molar-refractivity contribution in [2.24, 2.45) is 0 Å². The van der Waals surface area contributed by atoms with Crippen LogP contribution in [0, 0.1) is 20.8 Å². The lowest BCUT2D eigenvalue weighted by Gasteiger charge is -2.35. The van der Waals surface area contributed by atoms with Crippen LogP contribution in [-0.2, 0) is 20.7 Å². The minimum absolute atomic E-state index is 0.100. The topological polar surface area (TPSA) is 108 Å². The Balaban J connectivity index is 2.10. The molecule has 3 N–H and O–H groups in total. The summed E-state index contributed by atoms with van der Waals surface area (Å²) in [6, 6.07) is 18.0. The van der Waals surface area contributed by atoms with E-state index < -0.39 is 23.8 Å². The van der Waals surface area contributed by atoms with Gasteiger partial charge in [-0.2, -0.15) is 0 Å². The molecular weight excluding hydrogens is 578 g/mol. The van der Waals surface area contributed by atoms with Crippen LogP contribution in [0.15, 0.2) is 66.7 Å². The number of phenolic OH excluding ortho intramolecular Hbond substituents is 1. The Kier molecular flexibility index (Phi) is 13.2. The third-order valence-corrected chi connectivity index (χ3v) is 7.92. The van der Waals surface area contributed by atoms with Gasteiger partial charge in [0.1, 0.15) is 23.4 Å². The van der Waals surface area contributed by atoms with Crippen molar-refractivity contribution in [3.05, 3.63) is 94.5 Å². The molecule has 3 aromatic carbocycles. The van der Waals surface area contributed by atoms with Crippen LogP contribution in [0.4, 0.5) is 10.5 Å². The number of ether oxygens (including phenoxy) is 1. The molecule has 0 aliphatic rings. The lowest BCUT2D eigenvalue weighted by Crippen LogP contribution is -2.53. The van der Waals surface area contributed by atoms with E-state index in [-0.39, 0.29) is 24.0 Å². The highest BCUT2D eigenvalue weighted by Gasteiger charge is 2.37. The van der Waals surface area contributed by atoms with Gasteiger partial charge in [0, 0.05) is 18.7 Å². The molecule has 0 aliphatic carbocycles. The van der Waals surface area contributed by atoms with Crippen LogP contribution in [0.25, 0.3) is 0 Å². The van der Waals surface area contributed by atoms with Gasteiger partial charge in [0.25, 0.3) is 5.91 Å². The zero-order chi connectivity index (χ0) is 33.9. The van der Waals surface area contributed by atoms with E-state index in [0.717, 1.165) is 47.9 Å². The number of amides is 3. The summed E-state index contributed by atoms with van der Waals surface area (Å²) in [5.41, 5.74) is 4.12. The summed E-state index contributed by atoms with van der Waals surface area (Å²) in [6.45, 7) is 13.6. The van der Waals surface area contributed by atoms with Gasteiger partial charge >= 0.3 is 6.09 Å². The highest BCUT2D eigenvalue weighted by Crippen LogP contribution is 2.30. The number of nitrogens with zero attached hydrogens (tertiary/aromatic N) is 1. The van der Waals surface area contributed by atoms with Crippen LogP contribution < -0.4 is 10.6 Å². The van der Waals surface area contributed by atoms with E-state index >= 15 is 0 Å². The van der Waals surface area contributed by atoms with Crippen LogP contribution in [0.3, 0.4) is 0 Å². The molecule has 2 unspecified atom stereocenters. The first-order chi connectivity index (χ1) is 21.8. The lowest BCUT2D eigenvalue weighted by molar-refractivity contribution is -0.140. The SMILES string of the molecule is CCCCCCCN(C(=O)C(Cc1ccc(O)cc1)NC(=O)OC(C)(C)C)C(C(=O)Nc1c(C)cccc1C)c1ccccc1C. The molecule has 0 saturated carbocycles. The Morgan fingerprint density at radius 1 is 0.826 bits per heavy atom. The number of para-hydroxylation sites is 1. The molecule has 3 rings (SSSR count). The number of phenols is 1. The standard InChI is InChI=1S/C38H51N3O5/c1-8-9-10-11-14-24-41(36(44)32(39-37(45)46-38(5,6)7)25-29-20-22-30(42)23-21-29)34(31-19-13-12-16-26(31)2)35(43)40-33-27(3)17-15-18-28(33)4/h12-13,15-23,32,34,42H,8-11,14,24-25H2,1-7H3,(H,39,45)(H,40,43). The number of alkyl carbamates (subject to hydrolysis) is 1. The number of benzene rings is 3. The van der Waals surface area contributed by atoms with Crippen LogP contribution in [0.5, 0.6) is 5.75 Å². The molecule has 8 nitrogen and oxygen atoms in total. The van der Waals surface area contributed by atoms with E-state index in [1.165, 1.54) is 0 Å². The molecule has 0 spiro atoms. The molecule has 0 bridgehead atoms. The number of aryl methyl sites for hydroxylation is 3. The molecule has 3 aromatic rings. The van der Waals surface area contributed by atoms with E-state index in [1.54, 1.807) is 49.9 Å². The minimum Gasteiger partial charge on any atom is -0.508 e. The van der Waals surface area contributed by atoms with Crippen molar-refractivity contribution in [3.63, 3.8) is 0 Å². The fraction of sp³-hybridized carbons (Fsp3) is 0.447. The Bertz CT molecular complexity index is 1440. The van der Waals surface area contributed by atoms with E-state index in [1.807, 2.05) is 63.2 Å². The molecule has 0 fully saturated rings. The summed E-state index contributed by atoms with van der Waals surface area (Å²) < 4.78 is 5.56. The average Bonchev–Trinajstić information content (AvgIpc) is 2.98. The number of anilines is 1. The second-order valence-electron chi connectivity index (χ2n) is 13.0. The molecule has 0 saturated heterocycles. The van der Waals surface area contributed by atoms with Gasteiger partial charge in [-0.15, -0.1) is 0 Å². The van der Waals surface area contributed by atoms with Gasteiger partial charge in [-0.3, -0.25) is 9.59 Å². The minimum atomic E-state index is -1.03. The highest BCUT2D eigenvalue weighted by atomic mass is 16.6. The number of aromatic hydroxyl groups is 1. The van der Waals surface area contributed by atoms with Gasteiger partial charge in [0.2, 0.25) is 5.91 Å². The first-order valence-corrected chi connectivity index (χ1v) is 16.3. The monoisotopic (exact) mass is 629 g/mol. The first-order valence-electron chi connectivity index (χ1n) is 16.3. The van der Waals surface area contributed by atoms with Crippen molar-refractivity contribution >= 4 is 23.6 Å². The first kappa shape index (κ1) is 36.1. The summed E-state index contributed by atoms with van der Waals surface area (Å²) in [5.74, 6) is -0.614. The second-order valence-corrected chi connectivity index (χ2v) is 13.0.